The highest BCUT2D eigenvalue weighted by molar-refractivity contribution is 5.79. The van der Waals surface area contributed by atoms with Gasteiger partial charge in [-0.25, -0.2) is 0 Å². The van der Waals surface area contributed by atoms with E-state index in [-0.39, 0.29) is 0 Å². The summed E-state index contributed by atoms with van der Waals surface area (Å²) in [6, 6.07) is 10.5. The third kappa shape index (κ3) is 9.34. The molecule has 0 heterocycles. The van der Waals surface area contributed by atoms with Gasteiger partial charge in [-0.05, 0) is 59.3 Å². The van der Waals surface area contributed by atoms with Gasteiger partial charge in [-0.2, -0.15) is 0 Å². The molecule has 1 N–H and O–H groups in total. The maximum absolute atomic E-state index is 5.77. The number of aliphatic imine (C=N–C) groups is 1. The number of nitrogens with one attached hydrogen (secondary N) is 1. The SMILES string of the molecule is CCNC(=NCCCCN(C)C(C)C)N(C)CCOc1ccccc1. The summed E-state index contributed by atoms with van der Waals surface area (Å²) in [5.74, 6) is 1.86. The molecule has 5 nitrogen and oxygen atoms in total. The quantitative estimate of drug-likeness (QED) is 0.379. The Bertz CT molecular complexity index is 476. The molecule has 1 rings (SSSR count). The molecule has 1 aromatic rings. The second-order valence-corrected chi connectivity index (χ2v) is 6.60. The molecule has 0 fully saturated rings. The van der Waals surface area contributed by atoms with Crippen LogP contribution >= 0.6 is 0 Å². The first-order chi connectivity index (χ1) is 12.0. The zero-order chi connectivity index (χ0) is 18.5. The highest BCUT2D eigenvalue weighted by atomic mass is 16.5. The minimum absolute atomic E-state index is 0.608. The largest absolute Gasteiger partial charge is 0.492 e. The number of unbranched alkanes of at least 4 members (excludes halogenated alkanes) is 1. The van der Waals surface area contributed by atoms with Crippen LogP contribution in [0.5, 0.6) is 5.75 Å². The number of nitrogens with zero attached hydrogens (tertiary/aromatic N) is 3. The third-order valence-corrected chi connectivity index (χ3v) is 4.20. The van der Waals surface area contributed by atoms with Crippen LogP contribution in [-0.2, 0) is 0 Å². The van der Waals surface area contributed by atoms with Crippen molar-refractivity contribution < 1.29 is 4.74 Å². The Kier molecular flexibility index (Phi) is 10.7. The zero-order valence-electron chi connectivity index (χ0n) is 16.7. The van der Waals surface area contributed by atoms with Gasteiger partial charge in [-0.3, -0.25) is 4.99 Å². The molecule has 0 atom stereocenters. The van der Waals surface area contributed by atoms with Crippen LogP contribution in [0.1, 0.15) is 33.6 Å². The topological polar surface area (TPSA) is 40.1 Å². The lowest BCUT2D eigenvalue weighted by molar-refractivity contribution is 0.269. The first kappa shape index (κ1) is 21.3. The summed E-state index contributed by atoms with van der Waals surface area (Å²) in [5.41, 5.74) is 0. The molecule has 142 valence electrons. The van der Waals surface area contributed by atoms with E-state index in [2.05, 4.69) is 50.0 Å². The molecule has 0 amide bonds. The van der Waals surface area contributed by atoms with Crippen LogP contribution < -0.4 is 10.1 Å². The van der Waals surface area contributed by atoms with E-state index in [4.69, 9.17) is 9.73 Å². The predicted molar refractivity (Wildman–Crippen MR) is 108 cm³/mol. The van der Waals surface area contributed by atoms with Crippen molar-refractivity contribution in [2.75, 3.05) is 46.9 Å². The van der Waals surface area contributed by atoms with Gasteiger partial charge in [0, 0.05) is 26.2 Å². The minimum atomic E-state index is 0.608. The Morgan fingerprint density at radius 3 is 2.48 bits per heavy atom. The van der Waals surface area contributed by atoms with Crippen molar-refractivity contribution in [2.24, 2.45) is 4.99 Å². The van der Waals surface area contributed by atoms with Gasteiger partial charge >= 0.3 is 0 Å². The van der Waals surface area contributed by atoms with E-state index in [0.717, 1.165) is 44.3 Å². The molecule has 0 aromatic heterocycles. The summed E-state index contributed by atoms with van der Waals surface area (Å²) >= 11 is 0. The van der Waals surface area contributed by atoms with Gasteiger partial charge in [0.2, 0.25) is 0 Å². The van der Waals surface area contributed by atoms with Gasteiger partial charge in [0.05, 0.1) is 6.54 Å². The van der Waals surface area contributed by atoms with E-state index in [1.807, 2.05) is 30.3 Å². The molecule has 0 radical (unpaired) electrons. The van der Waals surface area contributed by atoms with Gasteiger partial charge in [-0.1, -0.05) is 18.2 Å². The second-order valence-electron chi connectivity index (χ2n) is 6.60. The molecule has 0 aliphatic carbocycles. The standard InChI is InChI=1S/C20H36N4O/c1-6-21-20(22-14-10-11-15-23(4)18(2)3)24(5)16-17-25-19-12-8-7-9-13-19/h7-9,12-13,18H,6,10-11,14-17H2,1-5H3,(H,21,22). The smallest absolute Gasteiger partial charge is 0.193 e. The summed E-state index contributed by atoms with van der Waals surface area (Å²) in [7, 11) is 4.24. The number of ether oxygens (including phenoxy) is 1. The van der Waals surface area contributed by atoms with Crippen LogP contribution in [0.3, 0.4) is 0 Å². The Balaban J connectivity index is 2.32. The van der Waals surface area contributed by atoms with Gasteiger partial charge in [0.1, 0.15) is 12.4 Å². The second kappa shape index (κ2) is 12.6. The van der Waals surface area contributed by atoms with Crippen LogP contribution in [0.2, 0.25) is 0 Å². The Hall–Kier alpha value is -1.75. The minimum Gasteiger partial charge on any atom is -0.492 e. The number of hydrogen-bond donors (Lipinski definition) is 1. The molecule has 0 saturated carbocycles. The number of likely N-dealkylation sites (N-methyl/N-ethyl adjacent to an activating group) is 1. The lowest BCUT2D eigenvalue weighted by Gasteiger charge is -2.22. The maximum atomic E-state index is 5.77. The lowest BCUT2D eigenvalue weighted by Crippen LogP contribution is -2.41. The normalized spacial score (nSPS) is 11.9. The monoisotopic (exact) mass is 348 g/mol. The first-order valence-corrected chi connectivity index (χ1v) is 9.42. The predicted octanol–water partition coefficient (Wildman–Crippen LogP) is 3.08. The van der Waals surface area contributed by atoms with Crippen LogP contribution in [0.4, 0.5) is 0 Å². The van der Waals surface area contributed by atoms with E-state index in [1.165, 1.54) is 6.42 Å². The van der Waals surface area contributed by atoms with Gasteiger partial charge in [-0.15, -0.1) is 0 Å². The molecular formula is C20H36N4O. The fraction of sp³-hybridized carbons (Fsp3) is 0.650. The van der Waals surface area contributed by atoms with Crippen molar-refractivity contribution in [1.82, 2.24) is 15.1 Å². The fourth-order valence-corrected chi connectivity index (χ4v) is 2.31. The third-order valence-electron chi connectivity index (χ3n) is 4.20. The highest BCUT2D eigenvalue weighted by Gasteiger charge is 2.06. The zero-order valence-corrected chi connectivity index (χ0v) is 16.7. The molecule has 0 aliphatic rings. The first-order valence-electron chi connectivity index (χ1n) is 9.42. The van der Waals surface area contributed by atoms with E-state index in [1.54, 1.807) is 0 Å². The Morgan fingerprint density at radius 2 is 1.84 bits per heavy atom. The summed E-state index contributed by atoms with van der Waals surface area (Å²) in [4.78, 5) is 9.25. The summed E-state index contributed by atoms with van der Waals surface area (Å²) in [5, 5.41) is 3.36. The molecule has 25 heavy (non-hydrogen) atoms. The van der Waals surface area contributed by atoms with Crippen LogP contribution in [-0.4, -0.2) is 68.7 Å². The molecule has 5 heteroatoms. The molecule has 0 unspecified atom stereocenters. The van der Waals surface area contributed by atoms with E-state index in [9.17, 15) is 0 Å². The van der Waals surface area contributed by atoms with Crippen LogP contribution in [0.25, 0.3) is 0 Å². The number of para-hydroxylation sites is 1. The number of rotatable bonds is 11. The molecule has 1 aromatic carbocycles. The maximum Gasteiger partial charge on any atom is 0.193 e. The summed E-state index contributed by atoms with van der Waals surface area (Å²) in [6.45, 7) is 10.9. The van der Waals surface area contributed by atoms with Crippen molar-refractivity contribution in [2.45, 2.75) is 39.7 Å². The van der Waals surface area contributed by atoms with Crippen LogP contribution in [0, 0.1) is 0 Å². The van der Waals surface area contributed by atoms with Gasteiger partial charge in [0.15, 0.2) is 5.96 Å². The van der Waals surface area contributed by atoms with Gasteiger partial charge < -0.3 is 19.9 Å². The summed E-state index contributed by atoms with van der Waals surface area (Å²) in [6.07, 6.45) is 2.29. The molecular weight excluding hydrogens is 312 g/mol. The van der Waals surface area contributed by atoms with Crippen LogP contribution in [0.15, 0.2) is 35.3 Å². The highest BCUT2D eigenvalue weighted by Crippen LogP contribution is 2.07. The molecule has 0 bridgehead atoms. The van der Waals surface area contributed by atoms with Crippen molar-refractivity contribution >= 4 is 5.96 Å². The van der Waals surface area contributed by atoms with E-state index < -0.39 is 0 Å². The summed E-state index contributed by atoms with van der Waals surface area (Å²) < 4.78 is 5.77. The van der Waals surface area contributed by atoms with Crippen molar-refractivity contribution in [3.63, 3.8) is 0 Å². The van der Waals surface area contributed by atoms with Crippen molar-refractivity contribution in [3.8, 4) is 5.75 Å². The fourth-order valence-electron chi connectivity index (χ4n) is 2.31. The average Bonchev–Trinajstić information content (AvgIpc) is 2.61. The Morgan fingerprint density at radius 1 is 1.12 bits per heavy atom. The molecule has 0 saturated heterocycles. The average molecular weight is 349 g/mol. The lowest BCUT2D eigenvalue weighted by atomic mass is 10.2. The van der Waals surface area contributed by atoms with Crippen molar-refractivity contribution in [1.29, 1.82) is 0 Å². The van der Waals surface area contributed by atoms with Gasteiger partial charge in [0.25, 0.3) is 0 Å². The number of guanidine groups is 1. The van der Waals surface area contributed by atoms with E-state index >= 15 is 0 Å². The van der Waals surface area contributed by atoms with E-state index in [0.29, 0.717) is 12.6 Å². The van der Waals surface area contributed by atoms with Crippen molar-refractivity contribution in [3.05, 3.63) is 30.3 Å². The Labute approximate surface area is 154 Å². The number of benzene rings is 1. The molecule has 0 spiro atoms. The molecule has 0 aliphatic heterocycles. The number of hydrogen-bond acceptors (Lipinski definition) is 3.